The first-order valence-corrected chi connectivity index (χ1v) is 9.12. The molecule has 0 bridgehead atoms. The Morgan fingerprint density at radius 2 is 1.40 bits per heavy atom. The van der Waals surface area contributed by atoms with Crippen LogP contribution in [0.3, 0.4) is 0 Å². The summed E-state index contributed by atoms with van der Waals surface area (Å²) >= 11 is 1.37. The molecular weight excluding hydrogens is 340 g/mol. The SMILES string of the molecule is COC(=O)[C@@]1(C#N)CSC2(C(C)(C)CCC2(C)C)[C@@]1(C#N)C(=O)OC. The van der Waals surface area contributed by atoms with Crippen molar-refractivity contribution in [1.82, 2.24) is 0 Å². The number of methoxy groups -OCH3 is 2. The van der Waals surface area contributed by atoms with Crippen molar-refractivity contribution in [3.63, 3.8) is 0 Å². The van der Waals surface area contributed by atoms with E-state index >= 15 is 0 Å². The van der Waals surface area contributed by atoms with Crippen molar-refractivity contribution in [3.05, 3.63) is 0 Å². The number of hydrogen-bond donors (Lipinski definition) is 0. The summed E-state index contributed by atoms with van der Waals surface area (Å²) < 4.78 is 8.95. The molecule has 6 nitrogen and oxygen atoms in total. The Kier molecular flexibility index (Phi) is 4.42. The van der Waals surface area contributed by atoms with E-state index < -0.39 is 38.3 Å². The molecule has 0 aromatic rings. The van der Waals surface area contributed by atoms with E-state index in [9.17, 15) is 20.1 Å². The zero-order chi connectivity index (χ0) is 19.3. The van der Waals surface area contributed by atoms with Crippen LogP contribution in [0.5, 0.6) is 0 Å². The summed E-state index contributed by atoms with van der Waals surface area (Å²) in [4.78, 5) is 25.8. The van der Waals surface area contributed by atoms with Crippen LogP contribution < -0.4 is 0 Å². The third-order valence-corrected chi connectivity index (χ3v) is 8.76. The van der Waals surface area contributed by atoms with E-state index in [0.29, 0.717) is 0 Å². The number of nitriles is 2. The van der Waals surface area contributed by atoms with Gasteiger partial charge in [0, 0.05) is 5.75 Å². The normalized spacial score (nSPS) is 34.1. The lowest BCUT2D eigenvalue weighted by molar-refractivity contribution is -0.172. The molecule has 1 heterocycles. The standard InChI is InChI=1S/C18H24N2O4S/c1-14(2)7-8-15(3,4)18(14)17(10-20,13(22)24-6)16(9-19,11-25-18)12(21)23-5/h7-8,11H2,1-6H3/t16-,17+/m1/s1. The van der Waals surface area contributed by atoms with Gasteiger partial charge in [0.1, 0.15) is 0 Å². The highest BCUT2D eigenvalue weighted by atomic mass is 32.2. The van der Waals surface area contributed by atoms with Gasteiger partial charge >= 0.3 is 11.9 Å². The quantitative estimate of drug-likeness (QED) is 0.694. The number of nitrogens with zero attached hydrogens (tertiary/aromatic N) is 2. The van der Waals surface area contributed by atoms with Gasteiger partial charge in [-0.1, -0.05) is 27.7 Å². The average molecular weight is 364 g/mol. The van der Waals surface area contributed by atoms with Crippen LogP contribution in [0.2, 0.25) is 0 Å². The molecule has 136 valence electrons. The maximum absolute atomic E-state index is 13.1. The monoisotopic (exact) mass is 364 g/mol. The lowest BCUT2D eigenvalue weighted by atomic mass is 9.49. The van der Waals surface area contributed by atoms with Crippen LogP contribution in [-0.4, -0.2) is 36.7 Å². The summed E-state index contributed by atoms with van der Waals surface area (Å²) in [6.07, 6.45) is 1.55. The van der Waals surface area contributed by atoms with E-state index in [1.165, 1.54) is 26.0 Å². The molecule has 0 unspecified atom stereocenters. The van der Waals surface area contributed by atoms with Crippen molar-refractivity contribution in [2.45, 2.75) is 45.3 Å². The van der Waals surface area contributed by atoms with Gasteiger partial charge in [0.05, 0.1) is 31.1 Å². The van der Waals surface area contributed by atoms with Crippen LogP contribution in [-0.2, 0) is 19.1 Å². The fourth-order valence-electron chi connectivity index (χ4n) is 5.27. The van der Waals surface area contributed by atoms with Crippen molar-refractivity contribution in [2.24, 2.45) is 21.7 Å². The maximum atomic E-state index is 13.1. The molecule has 1 aliphatic heterocycles. The molecule has 0 aromatic heterocycles. The second-order valence-electron chi connectivity index (χ2n) is 8.10. The molecule has 0 N–H and O–H groups in total. The molecular formula is C18H24N2O4S. The van der Waals surface area contributed by atoms with Crippen LogP contribution in [0.4, 0.5) is 0 Å². The summed E-state index contributed by atoms with van der Waals surface area (Å²) in [5.74, 6) is -1.68. The number of ether oxygens (including phenoxy) is 2. The fourth-order valence-corrected chi connectivity index (χ4v) is 7.61. The average Bonchev–Trinajstić information content (AvgIpc) is 3.01. The van der Waals surface area contributed by atoms with E-state index in [4.69, 9.17) is 9.47 Å². The van der Waals surface area contributed by atoms with Gasteiger partial charge in [-0.3, -0.25) is 9.59 Å². The van der Waals surface area contributed by atoms with Gasteiger partial charge in [0.25, 0.3) is 0 Å². The Labute approximate surface area is 152 Å². The van der Waals surface area contributed by atoms with Crippen LogP contribution in [0, 0.1) is 44.3 Å². The Morgan fingerprint density at radius 1 is 0.920 bits per heavy atom. The van der Waals surface area contributed by atoms with E-state index in [1.807, 2.05) is 33.8 Å². The molecule has 2 aliphatic rings. The summed E-state index contributed by atoms with van der Waals surface area (Å²) in [5.41, 5.74) is -4.78. The lowest BCUT2D eigenvalue weighted by Gasteiger charge is -2.53. The Morgan fingerprint density at radius 3 is 1.76 bits per heavy atom. The highest BCUT2D eigenvalue weighted by Gasteiger charge is 2.85. The Balaban J connectivity index is 2.99. The fraction of sp³-hybridized carbons (Fsp3) is 0.778. The zero-order valence-corrected chi connectivity index (χ0v) is 16.4. The molecule has 7 heteroatoms. The number of hydrogen-bond acceptors (Lipinski definition) is 7. The van der Waals surface area contributed by atoms with Crippen molar-refractivity contribution >= 4 is 23.7 Å². The largest absolute Gasteiger partial charge is 0.468 e. The minimum atomic E-state index is -1.95. The van der Waals surface area contributed by atoms with Crippen molar-refractivity contribution in [1.29, 1.82) is 10.5 Å². The van der Waals surface area contributed by atoms with Gasteiger partial charge in [0.15, 0.2) is 10.8 Å². The molecule has 2 atom stereocenters. The molecule has 1 saturated heterocycles. The Hall–Kier alpha value is -1.73. The molecule has 25 heavy (non-hydrogen) atoms. The van der Waals surface area contributed by atoms with Gasteiger partial charge in [-0.2, -0.15) is 10.5 Å². The third kappa shape index (κ3) is 1.85. The summed E-state index contributed by atoms with van der Waals surface area (Å²) in [6, 6.07) is 4.10. The highest BCUT2D eigenvalue weighted by Crippen LogP contribution is 2.77. The van der Waals surface area contributed by atoms with Crippen LogP contribution >= 0.6 is 11.8 Å². The van der Waals surface area contributed by atoms with Crippen LogP contribution in [0.15, 0.2) is 0 Å². The predicted molar refractivity (Wildman–Crippen MR) is 92.1 cm³/mol. The molecule has 0 radical (unpaired) electrons. The van der Waals surface area contributed by atoms with Gasteiger partial charge in [-0.25, -0.2) is 0 Å². The van der Waals surface area contributed by atoms with E-state index in [0.717, 1.165) is 12.8 Å². The van der Waals surface area contributed by atoms with Gasteiger partial charge < -0.3 is 9.47 Å². The molecule has 2 rings (SSSR count). The predicted octanol–water partition coefficient (Wildman–Crippen LogP) is 2.68. The summed E-state index contributed by atoms with van der Waals surface area (Å²) in [7, 11) is 2.36. The van der Waals surface area contributed by atoms with Gasteiger partial charge in [-0.15, -0.1) is 11.8 Å². The summed E-state index contributed by atoms with van der Waals surface area (Å²) in [6.45, 7) is 7.98. The molecule has 1 spiro atoms. The number of carbonyl (C=O) groups excluding carboxylic acids is 2. The first-order valence-electron chi connectivity index (χ1n) is 8.13. The molecule has 1 saturated carbocycles. The number of thioether (sulfide) groups is 1. The van der Waals surface area contributed by atoms with E-state index in [1.54, 1.807) is 0 Å². The number of esters is 2. The highest BCUT2D eigenvalue weighted by molar-refractivity contribution is 8.01. The first kappa shape index (κ1) is 19.6. The molecule has 0 aromatic carbocycles. The van der Waals surface area contributed by atoms with E-state index in [-0.39, 0.29) is 5.75 Å². The second kappa shape index (κ2) is 5.64. The van der Waals surface area contributed by atoms with Crippen molar-refractivity contribution in [3.8, 4) is 12.1 Å². The van der Waals surface area contributed by atoms with Crippen LogP contribution in [0.25, 0.3) is 0 Å². The van der Waals surface area contributed by atoms with Gasteiger partial charge in [-0.05, 0) is 23.7 Å². The minimum absolute atomic E-state index is 0.0195. The Bertz CT molecular complexity index is 687. The first-order chi connectivity index (χ1) is 11.5. The second-order valence-corrected chi connectivity index (χ2v) is 9.29. The topological polar surface area (TPSA) is 100 Å². The molecule has 2 fully saturated rings. The number of rotatable bonds is 2. The lowest BCUT2D eigenvalue weighted by Crippen LogP contribution is -2.66. The zero-order valence-electron chi connectivity index (χ0n) is 15.6. The molecule has 0 amide bonds. The number of carbonyl (C=O) groups is 2. The van der Waals surface area contributed by atoms with Crippen molar-refractivity contribution < 1.29 is 19.1 Å². The van der Waals surface area contributed by atoms with Crippen molar-refractivity contribution in [2.75, 3.05) is 20.0 Å². The van der Waals surface area contributed by atoms with E-state index in [2.05, 4.69) is 6.07 Å². The van der Waals surface area contributed by atoms with Crippen LogP contribution in [0.1, 0.15) is 40.5 Å². The maximum Gasteiger partial charge on any atom is 0.330 e. The third-order valence-electron chi connectivity index (χ3n) is 6.34. The smallest absolute Gasteiger partial charge is 0.330 e. The van der Waals surface area contributed by atoms with Gasteiger partial charge in [0.2, 0.25) is 0 Å². The summed E-state index contributed by atoms with van der Waals surface area (Å²) in [5, 5.41) is 20.3. The molecule has 1 aliphatic carbocycles. The minimum Gasteiger partial charge on any atom is -0.468 e.